The highest BCUT2D eigenvalue weighted by molar-refractivity contribution is 6.30. The molecule has 3 nitrogen and oxygen atoms in total. The minimum absolute atomic E-state index is 0.188. The summed E-state index contributed by atoms with van der Waals surface area (Å²) in [5, 5.41) is 8.51. The zero-order chi connectivity index (χ0) is 10.8. The van der Waals surface area contributed by atoms with E-state index in [1.807, 2.05) is 0 Å². The molecule has 0 fully saturated rings. The molecule has 1 N–H and O–H groups in total. The second kappa shape index (κ2) is 4.02. The Bertz CT molecular complexity index is 329. The highest BCUT2D eigenvalue weighted by Crippen LogP contribution is 2.29. The summed E-state index contributed by atoms with van der Waals surface area (Å²) in [5.41, 5.74) is -0.188. The number of hydrogen-bond donors (Lipinski definition) is 1. The fourth-order valence-corrected chi connectivity index (χ4v) is 1.02. The van der Waals surface area contributed by atoms with Crippen LogP contribution in [0.3, 0.4) is 0 Å². The first-order valence-corrected chi connectivity index (χ1v) is 3.82. The van der Waals surface area contributed by atoms with Crippen molar-refractivity contribution in [3.8, 4) is 5.75 Å². The van der Waals surface area contributed by atoms with Gasteiger partial charge < -0.3 is 9.84 Å². The van der Waals surface area contributed by atoms with Crippen LogP contribution in [0.4, 0.5) is 13.2 Å². The Labute approximate surface area is 82.1 Å². The lowest BCUT2D eigenvalue weighted by Gasteiger charge is -2.11. The zero-order valence-corrected chi connectivity index (χ0v) is 7.43. The summed E-state index contributed by atoms with van der Waals surface area (Å²) < 4.78 is 39.1. The average Bonchev–Trinajstić information content (AvgIpc) is 2.01. The summed E-state index contributed by atoms with van der Waals surface area (Å²) in [5.74, 6) is -0.542. The molecule has 0 atom stereocenters. The third-order valence-electron chi connectivity index (χ3n) is 1.34. The van der Waals surface area contributed by atoms with Gasteiger partial charge in [0.15, 0.2) is 0 Å². The van der Waals surface area contributed by atoms with Gasteiger partial charge in [0.1, 0.15) is 10.9 Å². The van der Waals surface area contributed by atoms with Crippen molar-refractivity contribution in [3.05, 3.63) is 23.0 Å². The van der Waals surface area contributed by atoms with E-state index in [2.05, 4.69) is 9.72 Å². The minimum Gasteiger partial charge on any atom is -0.405 e. The molecule has 14 heavy (non-hydrogen) atoms. The van der Waals surface area contributed by atoms with Crippen molar-refractivity contribution in [1.29, 1.82) is 0 Å². The fraction of sp³-hybridized carbons (Fsp3) is 0.286. The lowest BCUT2D eigenvalue weighted by molar-refractivity contribution is -0.275. The van der Waals surface area contributed by atoms with Crippen LogP contribution in [0.15, 0.2) is 12.3 Å². The highest BCUT2D eigenvalue weighted by Gasteiger charge is 2.32. The number of hydrogen-bond acceptors (Lipinski definition) is 3. The van der Waals surface area contributed by atoms with Crippen LogP contribution in [0.1, 0.15) is 5.56 Å². The Morgan fingerprint density at radius 1 is 1.50 bits per heavy atom. The summed E-state index contributed by atoms with van der Waals surface area (Å²) >= 11 is 5.44. The maximum atomic E-state index is 11.8. The van der Waals surface area contributed by atoms with Gasteiger partial charge >= 0.3 is 6.36 Å². The third-order valence-corrected chi connectivity index (χ3v) is 1.67. The maximum absolute atomic E-state index is 11.8. The second-order valence-corrected chi connectivity index (χ2v) is 2.64. The number of aromatic nitrogens is 1. The topological polar surface area (TPSA) is 42.4 Å². The van der Waals surface area contributed by atoms with E-state index < -0.39 is 18.7 Å². The zero-order valence-electron chi connectivity index (χ0n) is 6.68. The molecule has 0 unspecified atom stereocenters. The number of ether oxygens (including phenoxy) is 1. The van der Waals surface area contributed by atoms with Gasteiger partial charge in [-0.05, 0) is 6.07 Å². The van der Waals surface area contributed by atoms with Crippen molar-refractivity contribution >= 4 is 11.6 Å². The van der Waals surface area contributed by atoms with Crippen molar-refractivity contribution in [2.75, 3.05) is 0 Å². The van der Waals surface area contributed by atoms with E-state index in [0.29, 0.717) is 0 Å². The lowest BCUT2D eigenvalue weighted by atomic mass is 10.3. The van der Waals surface area contributed by atoms with Crippen molar-refractivity contribution in [2.45, 2.75) is 13.0 Å². The molecule has 0 aliphatic rings. The standard InChI is InChI=1S/C7H5ClF3NO2/c8-6-4(3-13)5(1-2-12-6)14-7(9,10)11/h1-2,13H,3H2. The molecular weight excluding hydrogens is 223 g/mol. The van der Waals surface area contributed by atoms with Crippen molar-refractivity contribution < 1.29 is 23.0 Å². The van der Waals surface area contributed by atoms with E-state index in [-0.39, 0.29) is 10.7 Å². The van der Waals surface area contributed by atoms with Crippen LogP contribution in [0.5, 0.6) is 5.75 Å². The van der Waals surface area contributed by atoms with Gasteiger partial charge in [0.25, 0.3) is 0 Å². The SMILES string of the molecule is OCc1c(OC(F)(F)F)ccnc1Cl. The van der Waals surface area contributed by atoms with Gasteiger partial charge in [-0.15, -0.1) is 13.2 Å². The summed E-state index contributed by atoms with van der Waals surface area (Å²) in [6.07, 6.45) is -3.75. The molecule has 0 spiro atoms. The summed E-state index contributed by atoms with van der Waals surface area (Å²) in [7, 11) is 0. The Hall–Kier alpha value is -1.01. The number of rotatable bonds is 2. The van der Waals surface area contributed by atoms with Gasteiger partial charge in [-0.3, -0.25) is 0 Å². The second-order valence-electron chi connectivity index (χ2n) is 2.28. The van der Waals surface area contributed by atoms with Gasteiger partial charge in [0.05, 0.1) is 12.2 Å². The van der Waals surface area contributed by atoms with Crippen LogP contribution in [-0.2, 0) is 6.61 Å². The largest absolute Gasteiger partial charge is 0.573 e. The monoisotopic (exact) mass is 227 g/mol. The van der Waals surface area contributed by atoms with Crippen LogP contribution >= 0.6 is 11.6 Å². The molecule has 0 aliphatic heterocycles. The molecule has 0 bridgehead atoms. The predicted octanol–water partition coefficient (Wildman–Crippen LogP) is 2.13. The van der Waals surface area contributed by atoms with Crippen LogP contribution in [0.2, 0.25) is 5.15 Å². The van der Waals surface area contributed by atoms with Crippen molar-refractivity contribution in [1.82, 2.24) is 4.98 Å². The predicted molar refractivity (Wildman–Crippen MR) is 41.9 cm³/mol. The van der Waals surface area contributed by atoms with Gasteiger partial charge in [-0.25, -0.2) is 4.98 Å². The average molecular weight is 228 g/mol. The molecular formula is C7H5ClF3NO2. The molecule has 0 aromatic carbocycles. The molecule has 0 radical (unpaired) electrons. The van der Waals surface area contributed by atoms with E-state index in [4.69, 9.17) is 16.7 Å². The van der Waals surface area contributed by atoms with Crippen molar-refractivity contribution in [2.24, 2.45) is 0 Å². The molecule has 0 aliphatic carbocycles. The van der Waals surface area contributed by atoms with Crippen LogP contribution < -0.4 is 4.74 Å². The normalized spacial score (nSPS) is 11.5. The number of pyridine rings is 1. The summed E-state index contributed by atoms with van der Waals surface area (Å²) in [6.45, 7) is -0.669. The van der Waals surface area contributed by atoms with E-state index in [1.54, 1.807) is 0 Å². The number of halogens is 4. The lowest BCUT2D eigenvalue weighted by Crippen LogP contribution is -2.18. The molecule has 0 saturated heterocycles. The van der Waals surface area contributed by atoms with Crippen LogP contribution in [-0.4, -0.2) is 16.5 Å². The molecule has 1 rings (SSSR count). The van der Waals surface area contributed by atoms with E-state index >= 15 is 0 Å². The molecule has 1 aromatic heterocycles. The molecule has 78 valence electrons. The third kappa shape index (κ3) is 2.74. The Balaban J connectivity index is 3.02. The highest BCUT2D eigenvalue weighted by atomic mass is 35.5. The first-order valence-electron chi connectivity index (χ1n) is 3.44. The van der Waals surface area contributed by atoms with E-state index in [1.165, 1.54) is 0 Å². The fourth-order valence-electron chi connectivity index (χ4n) is 0.814. The van der Waals surface area contributed by atoms with Crippen molar-refractivity contribution in [3.63, 3.8) is 0 Å². The number of alkyl halides is 3. The molecule has 1 aromatic rings. The molecule has 1 heterocycles. The van der Waals surface area contributed by atoms with Gasteiger partial charge in [0, 0.05) is 6.20 Å². The number of nitrogens with zero attached hydrogens (tertiary/aromatic N) is 1. The van der Waals surface area contributed by atoms with Gasteiger partial charge in [-0.2, -0.15) is 0 Å². The molecule has 0 saturated carbocycles. The molecule has 7 heteroatoms. The van der Waals surface area contributed by atoms with E-state index in [0.717, 1.165) is 12.3 Å². The Morgan fingerprint density at radius 3 is 2.64 bits per heavy atom. The number of aliphatic hydroxyl groups is 1. The Morgan fingerprint density at radius 2 is 2.14 bits per heavy atom. The summed E-state index contributed by atoms with van der Waals surface area (Å²) in [6, 6.07) is 0.977. The minimum atomic E-state index is -4.81. The smallest absolute Gasteiger partial charge is 0.405 e. The molecule has 0 amide bonds. The number of aliphatic hydroxyl groups excluding tert-OH is 1. The first kappa shape index (κ1) is 11.1. The maximum Gasteiger partial charge on any atom is 0.573 e. The quantitative estimate of drug-likeness (QED) is 0.787. The van der Waals surface area contributed by atoms with Gasteiger partial charge in [-0.1, -0.05) is 11.6 Å². The van der Waals surface area contributed by atoms with Gasteiger partial charge in [0.2, 0.25) is 0 Å². The van der Waals surface area contributed by atoms with E-state index in [9.17, 15) is 13.2 Å². The first-order chi connectivity index (χ1) is 6.44. The summed E-state index contributed by atoms with van der Waals surface area (Å²) in [4.78, 5) is 3.50. The van der Waals surface area contributed by atoms with Crippen LogP contribution in [0.25, 0.3) is 0 Å². The Kier molecular flexibility index (Phi) is 3.17. The van der Waals surface area contributed by atoms with Crippen LogP contribution in [0, 0.1) is 0 Å².